The van der Waals surface area contributed by atoms with Gasteiger partial charge in [0.25, 0.3) is 0 Å². The van der Waals surface area contributed by atoms with Gasteiger partial charge in [0.1, 0.15) is 0 Å². The maximum absolute atomic E-state index is 8.56. The number of aliphatic hydroxyl groups is 1. The van der Waals surface area contributed by atoms with Gasteiger partial charge in [-0.15, -0.1) is 0 Å². The summed E-state index contributed by atoms with van der Waals surface area (Å²) in [6, 6.07) is 0. The van der Waals surface area contributed by atoms with Crippen LogP contribution in [0, 0.1) is 0 Å². The topological polar surface area (TPSA) is 20.2 Å². The fraction of sp³-hybridized carbons (Fsp3) is 0.750. The highest BCUT2D eigenvalue weighted by Gasteiger charge is 2.10. The first-order valence-electron chi connectivity index (χ1n) is 3.66. The lowest BCUT2D eigenvalue weighted by Gasteiger charge is -2.27. The molecule has 0 amide bonds. The number of likely N-dealkylation sites (N-methyl/N-ethyl adjacent to an activating group) is 1. The Balaban J connectivity index is 0. The molecule has 0 aliphatic rings. The second kappa shape index (κ2) is 6.83. The molecule has 0 bridgehead atoms. The first-order valence-corrected chi connectivity index (χ1v) is 3.66. The molecule has 0 saturated heterocycles. The number of aliphatic hydroxyl groups excluding tert-OH is 1. The van der Waals surface area contributed by atoms with Crippen molar-refractivity contribution in [2.75, 3.05) is 33.8 Å². The number of hydrogen-bond acceptors (Lipinski definition) is 1. The van der Waals surface area contributed by atoms with Crippen LogP contribution in [0.3, 0.4) is 0 Å². The molecule has 0 fully saturated rings. The molecule has 0 aliphatic carbocycles. The molecule has 0 aromatic rings. The van der Waals surface area contributed by atoms with E-state index in [0.29, 0.717) is 6.61 Å². The molecule has 2 nitrogen and oxygen atoms in total. The average molecular weight is 224 g/mol. The summed E-state index contributed by atoms with van der Waals surface area (Å²) >= 11 is 0. The highest BCUT2D eigenvalue weighted by atomic mass is 79.9. The molecule has 68 valence electrons. The highest BCUT2D eigenvalue weighted by Crippen LogP contribution is 1.97. The van der Waals surface area contributed by atoms with Crippen LogP contribution >= 0.6 is 0 Å². The van der Waals surface area contributed by atoms with Gasteiger partial charge in [-0.1, -0.05) is 6.58 Å². The third-order valence-corrected chi connectivity index (χ3v) is 1.54. The van der Waals surface area contributed by atoms with Gasteiger partial charge in [0.2, 0.25) is 0 Å². The molecule has 0 heterocycles. The van der Waals surface area contributed by atoms with Gasteiger partial charge in [-0.05, 0) is 6.08 Å². The van der Waals surface area contributed by atoms with Crippen LogP contribution in [0.4, 0.5) is 0 Å². The van der Waals surface area contributed by atoms with Gasteiger partial charge in [0, 0.05) is 13.0 Å². The number of halogens is 1. The Morgan fingerprint density at radius 1 is 1.45 bits per heavy atom. The lowest BCUT2D eigenvalue weighted by molar-refractivity contribution is -0.884. The van der Waals surface area contributed by atoms with Crippen molar-refractivity contribution in [2.24, 2.45) is 0 Å². The van der Waals surface area contributed by atoms with Crippen molar-refractivity contribution in [1.82, 2.24) is 0 Å². The fourth-order valence-electron chi connectivity index (χ4n) is 0.940. The Hall–Kier alpha value is 0.140. The summed E-state index contributed by atoms with van der Waals surface area (Å²) < 4.78 is 0.921. The molecule has 0 radical (unpaired) electrons. The Morgan fingerprint density at radius 2 is 2.00 bits per heavy atom. The molecule has 0 spiro atoms. The zero-order valence-electron chi connectivity index (χ0n) is 7.39. The Kier molecular flexibility index (Phi) is 8.51. The summed E-state index contributed by atoms with van der Waals surface area (Å²) in [5.41, 5.74) is 0. The Morgan fingerprint density at radius 3 is 2.36 bits per heavy atom. The minimum absolute atomic E-state index is 0. The maximum Gasteiger partial charge on any atom is 0.0966 e. The largest absolute Gasteiger partial charge is 1.00 e. The summed E-state index contributed by atoms with van der Waals surface area (Å²) in [6.07, 6.45) is 2.79. The molecule has 0 aliphatic heterocycles. The Labute approximate surface area is 79.9 Å². The van der Waals surface area contributed by atoms with E-state index in [0.717, 1.165) is 24.0 Å². The van der Waals surface area contributed by atoms with E-state index in [-0.39, 0.29) is 17.0 Å². The summed E-state index contributed by atoms with van der Waals surface area (Å²) in [5.74, 6) is 0. The summed E-state index contributed by atoms with van der Waals surface area (Å²) in [4.78, 5) is 0. The quantitative estimate of drug-likeness (QED) is 0.409. The molecule has 0 atom stereocenters. The van der Waals surface area contributed by atoms with Gasteiger partial charge < -0.3 is 26.6 Å². The van der Waals surface area contributed by atoms with Crippen LogP contribution in [-0.4, -0.2) is 43.4 Å². The lowest BCUT2D eigenvalue weighted by atomic mass is 10.3. The van der Waals surface area contributed by atoms with Crippen molar-refractivity contribution in [1.29, 1.82) is 0 Å². The molecule has 1 N–H and O–H groups in total. The van der Waals surface area contributed by atoms with E-state index in [1.54, 1.807) is 0 Å². The first-order chi connectivity index (χ1) is 4.62. The Bertz CT molecular complexity index is 104. The van der Waals surface area contributed by atoms with E-state index >= 15 is 0 Å². The van der Waals surface area contributed by atoms with E-state index in [9.17, 15) is 0 Å². The van der Waals surface area contributed by atoms with Gasteiger partial charge in [-0.3, -0.25) is 0 Å². The van der Waals surface area contributed by atoms with E-state index < -0.39 is 0 Å². The minimum atomic E-state index is 0. The van der Waals surface area contributed by atoms with Crippen LogP contribution in [0.15, 0.2) is 12.7 Å². The molecule has 0 aromatic heterocycles. The van der Waals surface area contributed by atoms with Crippen molar-refractivity contribution < 1.29 is 26.6 Å². The van der Waals surface area contributed by atoms with Crippen molar-refractivity contribution in [3.8, 4) is 0 Å². The number of hydrogen-bond donors (Lipinski definition) is 1. The first kappa shape index (κ1) is 13.7. The molecule has 11 heavy (non-hydrogen) atoms. The summed E-state index contributed by atoms with van der Waals surface area (Å²) in [7, 11) is 4.27. The third-order valence-electron chi connectivity index (χ3n) is 1.54. The van der Waals surface area contributed by atoms with Crippen molar-refractivity contribution >= 4 is 0 Å². The van der Waals surface area contributed by atoms with Crippen LogP contribution in [-0.2, 0) is 0 Å². The lowest BCUT2D eigenvalue weighted by Crippen LogP contribution is -3.00. The van der Waals surface area contributed by atoms with Crippen molar-refractivity contribution in [2.45, 2.75) is 6.42 Å². The van der Waals surface area contributed by atoms with Crippen molar-refractivity contribution in [3.05, 3.63) is 12.7 Å². The standard InChI is InChI=1S/C8H18NO.BrH/c1-4-6-9(2,3)7-5-8-10;/h4,10H,1,5-8H2,2-3H3;1H/q+1;/p-1. The van der Waals surface area contributed by atoms with Crippen LogP contribution in [0.5, 0.6) is 0 Å². The number of nitrogens with zero attached hydrogens (tertiary/aromatic N) is 1. The summed E-state index contributed by atoms with van der Waals surface area (Å²) in [6.45, 7) is 5.95. The van der Waals surface area contributed by atoms with Gasteiger partial charge in [0.05, 0.1) is 27.2 Å². The van der Waals surface area contributed by atoms with Gasteiger partial charge in [-0.25, -0.2) is 0 Å². The maximum atomic E-state index is 8.56. The molecule has 3 heteroatoms. The number of rotatable bonds is 5. The van der Waals surface area contributed by atoms with E-state index in [1.807, 2.05) is 6.08 Å². The number of quaternary nitrogens is 1. The zero-order valence-corrected chi connectivity index (χ0v) is 8.97. The average Bonchev–Trinajstić information content (AvgIpc) is 1.84. The van der Waals surface area contributed by atoms with Gasteiger partial charge in [0.15, 0.2) is 0 Å². The SMILES string of the molecule is C=CC[N+](C)(C)CCCO.[Br-]. The van der Waals surface area contributed by atoms with E-state index in [2.05, 4.69) is 20.7 Å². The molecule has 0 saturated carbocycles. The third kappa shape index (κ3) is 8.04. The predicted molar refractivity (Wildman–Crippen MR) is 43.7 cm³/mol. The normalized spacial score (nSPS) is 10.5. The smallest absolute Gasteiger partial charge is 0.0966 e. The molecule has 0 aromatic carbocycles. The monoisotopic (exact) mass is 223 g/mol. The van der Waals surface area contributed by atoms with Crippen LogP contribution in [0.1, 0.15) is 6.42 Å². The zero-order chi connectivity index (χ0) is 8.04. The van der Waals surface area contributed by atoms with Crippen molar-refractivity contribution in [3.63, 3.8) is 0 Å². The minimum Gasteiger partial charge on any atom is -1.00 e. The van der Waals surface area contributed by atoms with E-state index in [4.69, 9.17) is 5.11 Å². The van der Waals surface area contributed by atoms with Crippen LogP contribution in [0.25, 0.3) is 0 Å². The molecule has 0 unspecified atom stereocenters. The summed E-state index contributed by atoms with van der Waals surface area (Å²) in [5, 5.41) is 8.56. The molecule has 0 rings (SSSR count). The predicted octanol–water partition coefficient (Wildman–Crippen LogP) is -2.36. The second-order valence-electron chi connectivity index (χ2n) is 3.21. The highest BCUT2D eigenvalue weighted by molar-refractivity contribution is 4.64. The van der Waals surface area contributed by atoms with Crippen LogP contribution < -0.4 is 17.0 Å². The second-order valence-corrected chi connectivity index (χ2v) is 3.21. The fourth-order valence-corrected chi connectivity index (χ4v) is 0.940. The van der Waals surface area contributed by atoms with E-state index in [1.165, 1.54) is 0 Å². The molecular weight excluding hydrogens is 206 g/mol. The van der Waals surface area contributed by atoms with Gasteiger partial charge in [-0.2, -0.15) is 0 Å². The van der Waals surface area contributed by atoms with Gasteiger partial charge >= 0.3 is 0 Å². The van der Waals surface area contributed by atoms with Crippen LogP contribution in [0.2, 0.25) is 0 Å². The molecular formula is C8H18BrNO.